The zero-order valence-electron chi connectivity index (χ0n) is 12.6. The quantitative estimate of drug-likeness (QED) is 0.856. The molecule has 0 aromatic rings. The smallest absolute Gasteiger partial charge is 0.0741 e. The van der Waals surface area contributed by atoms with E-state index in [0.717, 1.165) is 52.0 Å². The SMILES string of the molecule is OCCN(C1CCCC1)C1CCOC2(CCOCC2)C1. The van der Waals surface area contributed by atoms with Gasteiger partial charge in [0, 0.05) is 38.4 Å². The molecule has 0 aromatic heterocycles. The van der Waals surface area contributed by atoms with E-state index in [1.807, 2.05) is 0 Å². The predicted molar refractivity (Wildman–Crippen MR) is 77.8 cm³/mol. The average Bonchev–Trinajstić information content (AvgIpc) is 2.99. The summed E-state index contributed by atoms with van der Waals surface area (Å²) in [7, 11) is 0. The van der Waals surface area contributed by atoms with Gasteiger partial charge in [0.2, 0.25) is 0 Å². The number of aliphatic hydroxyl groups is 1. The maximum atomic E-state index is 9.44. The van der Waals surface area contributed by atoms with Gasteiger partial charge in [-0.2, -0.15) is 0 Å². The van der Waals surface area contributed by atoms with E-state index in [4.69, 9.17) is 9.47 Å². The lowest BCUT2D eigenvalue weighted by Gasteiger charge is -2.47. The van der Waals surface area contributed by atoms with Gasteiger partial charge in [-0.15, -0.1) is 0 Å². The van der Waals surface area contributed by atoms with Gasteiger partial charge in [0.25, 0.3) is 0 Å². The standard InChI is InChI=1S/C16H29NO3/c18-9-8-17(14-3-1-2-4-14)15-5-10-20-16(13-15)6-11-19-12-7-16/h14-15,18H,1-13H2. The minimum absolute atomic E-state index is 0.0630. The Balaban J connectivity index is 1.66. The summed E-state index contributed by atoms with van der Waals surface area (Å²) in [5, 5.41) is 9.44. The number of hydrogen-bond donors (Lipinski definition) is 1. The van der Waals surface area contributed by atoms with E-state index in [9.17, 15) is 5.11 Å². The van der Waals surface area contributed by atoms with Crippen molar-refractivity contribution in [3.8, 4) is 0 Å². The van der Waals surface area contributed by atoms with Crippen LogP contribution in [0.1, 0.15) is 51.4 Å². The fraction of sp³-hybridized carbons (Fsp3) is 1.00. The molecule has 116 valence electrons. The monoisotopic (exact) mass is 283 g/mol. The van der Waals surface area contributed by atoms with Crippen LogP contribution >= 0.6 is 0 Å². The molecule has 0 bridgehead atoms. The van der Waals surface area contributed by atoms with Gasteiger partial charge >= 0.3 is 0 Å². The molecule has 1 unspecified atom stereocenters. The molecular formula is C16H29NO3. The maximum Gasteiger partial charge on any atom is 0.0741 e. The van der Waals surface area contributed by atoms with Crippen molar-refractivity contribution in [1.82, 2.24) is 4.90 Å². The molecule has 1 aliphatic carbocycles. The van der Waals surface area contributed by atoms with Crippen molar-refractivity contribution in [2.45, 2.75) is 69.1 Å². The molecule has 0 amide bonds. The third kappa shape index (κ3) is 3.19. The van der Waals surface area contributed by atoms with E-state index < -0.39 is 0 Å². The van der Waals surface area contributed by atoms with E-state index in [2.05, 4.69) is 4.90 Å². The van der Waals surface area contributed by atoms with Gasteiger partial charge in [-0.25, -0.2) is 0 Å². The third-order valence-corrected chi connectivity index (χ3v) is 5.49. The topological polar surface area (TPSA) is 41.9 Å². The summed E-state index contributed by atoms with van der Waals surface area (Å²) >= 11 is 0. The fourth-order valence-corrected chi connectivity index (χ4v) is 4.39. The van der Waals surface area contributed by atoms with Crippen LogP contribution in [0.4, 0.5) is 0 Å². The molecule has 1 spiro atoms. The van der Waals surface area contributed by atoms with Crippen LogP contribution in [-0.2, 0) is 9.47 Å². The summed E-state index contributed by atoms with van der Waals surface area (Å²) in [4.78, 5) is 2.60. The number of ether oxygens (including phenoxy) is 2. The summed E-state index contributed by atoms with van der Waals surface area (Å²) in [5.41, 5.74) is 0.0630. The summed E-state index contributed by atoms with van der Waals surface area (Å²) in [6.45, 7) is 3.68. The van der Waals surface area contributed by atoms with Crippen molar-refractivity contribution in [2.75, 3.05) is 33.0 Å². The Hall–Kier alpha value is -0.160. The largest absolute Gasteiger partial charge is 0.395 e. The van der Waals surface area contributed by atoms with E-state index in [1.54, 1.807) is 0 Å². The highest BCUT2D eigenvalue weighted by Crippen LogP contribution is 2.38. The number of rotatable bonds is 4. The highest BCUT2D eigenvalue weighted by Gasteiger charge is 2.42. The Morgan fingerprint density at radius 3 is 2.45 bits per heavy atom. The Kier molecular flexibility index (Phi) is 4.97. The number of hydrogen-bond acceptors (Lipinski definition) is 4. The molecule has 20 heavy (non-hydrogen) atoms. The van der Waals surface area contributed by atoms with Crippen LogP contribution in [0.3, 0.4) is 0 Å². The van der Waals surface area contributed by atoms with Crippen molar-refractivity contribution >= 4 is 0 Å². The average molecular weight is 283 g/mol. The molecule has 1 saturated carbocycles. The normalized spacial score (nSPS) is 31.2. The first-order valence-electron chi connectivity index (χ1n) is 8.41. The minimum Gasteiger partial charge on any atom is -0.395 e. The Morgan fingerprint density at radius 2 is 1.75 bits per heavy atom. The van der Waals surface area contributed by atoms with Gasteiger partial charge < -0.3 is 14.6 Å². The third-order valence-electron chi connectivity index (χ3n) is 5.49. The molecule has 4 heteroatoms. The van der Waals surface area contributed by atoms with E-state index in [0.29, 0.717) is 12.1 Å². The molecule has 1 atom stereocenters. The second-order valence-corrected chi connectivity index (χ2v) is 6.69. The first-order chi connectivity index (χ1) is 9.83. The Labute approximate surface area is 122 Å². The molecular weight excluding hydrogens is 254 g/mol. The van der Waals surface area contributed by atoms with Crippen molar-refractivity contribution in [3.05, 3.63) is 0 Å². The van der Waals surface area contributed by atoms with Crippen LogP contribution in [0.2, 0.25) is 0 Å². The van der Waals surface area contributed by atoms with Gasteiger partial charge in [-0.05, 0) is 38.5 Å². The lowest BCUT2D eigenvalue weighted by atomic mass is 9.83. The lowest BCUT2D eigenvalue weighted by Crippen LogP contribution is -2.53. The molecule has 3 aliphatic rings. The van der Waals surface area contributed by atoms with Gasteiger partial charge in [0.1, 0.15) is 0 Å². The first kappa shape index (κ1) is 14.8. The molecule has 2 aliphatic heterocycles. The highest BCUT2D eigenvalue weighted by atomic mass is 16.5. The van der Waals surface area contributed by atoms with Crippen LogP contribution in [0.15, 0.2) is 0 Å². The Morgan fingerprint density at radius 1 is 1.00 bits per heavy atom. The predicted octanol–water partition coefficient (Wildman–Crippen LogP) is 1.95. The fourth-order valence-electron chi connectivity index (χ4n) is 4.39. The molecule has 0 radical (unpaired) electrons. The Bertz CT molecular complexity index is 293. The zero-order chi connectivity index (χ0) is 13.8. The summed E-state index contributed by atoms with van der Waals surface area (Å²) in [6, 6.07) is 1.29. The second kappa shape index (κ2) is 6.73. The van der Waals surface area contributed by atoms with Crippen LogP contribution in [0, 0.1) is 0 Å². The molecule has 2 saturated heterocycles. The summed E-state index contributed by atoms with van der Waals surface area (Å²) in [5.74, 6) is 0. The second-order valence-electron chi connectivity index (χ2n) is 6.69. The van der Waals surface area contributed by atoms with Crippen molar-refractivity contribution < 1.29 is 14.6 Å². The summed E-state index contributed by atoms with van der Waals surface area (Å²) in [6.07, 6.45) is 9.68. The van der Waals surface area contributed by atoms with E-state index in [-0.39, 0.29) is 12.2 Å². The van der Waals surface area contributed by atoms with Crippen molar-refractivity contribution in [3.63, 3.8) is 0 Å². The van der Waals surface area contributed by atoms with Gasteiger partial charge in [0.05, 0.1) is 12.2 Å². The minimum atomic E-state index is 0.0630. The van der Waals surface area contributed by atoms with Crippen molar-refractivity contribution in [2.24, 2.45) is 0 Å². The first-order valence-corrected chi connectivity index (χ1v) is 8.41. The van der Waals surface area contributed by atoms with Crippen LogP contribution in [0.25, 0.3) is 0 Å². The molecule has 0 aromatic carbocycles. The van der Waals surface area contributed by atoms with E-state index >= 15 is 0 Å². The molecule has 3 rings (SSSR count). The van der Waals surface area contributed by atoms with Crippen molar-refractivity contribution in [1.29, 1.82) is 0 Å². The maximum absolute atomic E-state index is 9.44. The lowest BCUT2D eigenvalue weighted by molar-refractivity contribution is -0.154. The zero-order valence-corrected chi connectivity index (χ0v) is 12.6. The van der Waals surface area contributed by atoms with Crippen LogP contribution in [-0.4, -0.2) is 60.7 Å². The molecule has 4 nitrogen and oxygen atoms in total. The number of nitrogens with zero attached hydrogens (tertiary/aromatic N) is 1. The number of aliphatic hydroxyl groups excluding tert-OH is 1. The molecule has 1 N–H and O–H groups in total. The van der Waals surface area contributed by atoms with Gasteiger partial charge in [-0.3, -0.25) is 4.90 Å². The summed E-state index contributed by atoms with van der Waals surface area (Å²) < 4.78 is 11.7. The van der Waals surface area contributed by atoms with Gasteiger partial charge in [0.15, 0.2) is 0 Å². The van der Waals surface area contributed by atoms with Crippen LogP contribution < -0.4 is 0 Å². The highest BCUT2D eigenvalue weighted by molar-refractivity contribution is 4.94. The van der Waals surface area contributed by atoms with E-state index in [1.165, 1.54) is 25.7 Å². The molecule has 2 heterocycles. The molecule has 3 fully saturated rings. The van der Waals surface area contributed by atoms with Gasteiger partial charge in [-0.1, -0.05) is 12.8 Å². The van der Waals surface area contributed by atoms with Crippen LogP contribution in [0.5, 0.6) is 0 Å².